The van der Waals surface area contributed by atoms with Gasteiger partial charge in [0.1, 0.15) is 6.33 Å². The molecule has 0 N–H and O–H groups in total. The van der Waals surface area contributed by atoms with Gasteiger partial charge < -0.3 is 4.74 Å². The minimum Gasteiger partial charge on any atom is -0.502 e. The van der Waals surface area contributed by atoms with E-state index in [2.05, 4.69) is 9.97 Å². The summed E-state index contributed by atoms with van der Waals surface area (Å²) in [5.41, 5.74) is 1.09. The van der Waals surface area contributed by atoms with Crippen LogP contribution in [0.3, 0.4) is 0 Å². The Balaban J connectivity index is 2.33. The topological polar surface area (TPSA) is 35.0 Å². The molecule has 1 heterocycles. The zero-order valence-corrected chi connectivity index (χ0v) is 7.10. The molecule has 0 aliphatic rings. The molecular weight excluding hydrogens is 152 g/mol. The van der Waals surface area contributed by atoms with Crippen LogP contribution in [-0.4, -0.2) is 16.6 Å². The SMILES string of the molecule is CCO/C=C/Cc1cncnc1. The van der Waals surface area contributed by atoms with Crippen molar-refractivity contribution < 1.29 is 4.74 Å². The Morgan fingerprint density at radius 3 is 2.83 bits per heavy atom. The van der Waals surface area contributed by atoms with E-state index in [0.29, 0.717) is 6.61 Å². The van der Waals surface area contributed by atoms with Crippen LogP contribution in [0.1, 0.15) is 12.5 Å². The highest BCUT2D eigenvalue weighted by molar-refractivity contribution is 5.06. The molecule has 0 unspecified atom stereocenters. The van der Waals surface area contributed by atoms with Crippen molar-refractivity contribution in [3.8, 4) is 0 Å². The fraction of sp³-hybridized carbons (Fsp3) is 0.333. The van der Waals surface area contributed by atoms with E-state index in [1.807, 2.05) is 13.0 Å². The number of aromatic nitrogens is 2. The molecule has 3 nitrogen and oxygen atoms in total. The Bertz CT molecular complexity index is 234. The van der Waals surface area contributed by atoms with E-state index in [-0.39, 0.29) is 0 Å². The maximum absolute atomic E-state index is 5.03. The molecule has 64 valence electrons. The third-order valence-electron chi connectivity index (χ3n) is 1.33. The van der Waals surface area contributed by atoms with E-state index in [1.165, 1.54) is 6.33 Å². The van der Waals surface area contributed by atoms with Gasteiger partial charge >= 0.3 is 0 Å². The molecule has 0 saturated carbocycles. The lowest BCUT2D eigenvalue weighted by atomic mass is 10.2. The predicted octanol–water partition coefficient (Wildman–Crippen LogP) is 1.57. The van der Waals surface area contributed by atoms with Crippen LogP contribution < -0.4 is 0 Å². The first-order valence-corrected chi connectivity index (χ1v) is 3.94. The second-order valence-corrected chi connectivity index (χ2v) is 2.28. The minimum atomic E-state index is 0.710. The van der Waals surface area contributed by atoms with Crippen LogP contribution in [0.15, 0.2) is 31.1 Å². The third-order valence-corrected chi connectivity index (χ3v) is 1.33. The van der Waals surface area contributed by atoms with Crippen molar-refractivity contribution in [1.82, 2.24) is 9.97 Å². The molecule has 0 atom stereocenters. The molecule has 0 aromatic carbocycles. The van der Waals surface area contributed by atoms with Gasteiger partial charge in [0.15, 0.2) is 0 Å². The van der Waals surface area contributed by atoms with Crippen LogP contribution >= 0.6 is 0 Å². The van der Waals surface area contributed by atoms with E-state index >= 15 is 0 Å². The minimum absolute atomic E-state index is 0.710. The quantitative estimate of drug-likeness (QED) is 0.633. The lowest BCUT2D eigenvalue weighted by molar-refractivity contribution is 0.268. The molecule has 0 bridgehead atoms. The van der Waals surface area contributed by atoms with E-state index in [0.717, 1.165) is 12.0 Å². The number of nitrogens with zero attached hydrogens (tertiary/aromatic N) is 2. The Morgan fingerprint density at radius 2 is 2.17 bits per heavy atom. The van der Waals surface area contributed by atoms with Gasteiger partial charge in [0, 0.05) is 12.4 Å². The molecule has 0 radical (unpaired) electrons. The molecule has 0 fully saturated rings. The monoisotopic (exact) mass is 164 g/mol. The highest BCUT2D eigenvalue weighted by Gasteiger charge is 1.86. The Hall–Kier alpha value is -1.38. The first-order valence-electron chi connectivity index (χ1n) is 3.94. The predicted molar refractivity (Wildman–Crippen MR) is 46.5 cm³/mol. The zero-order valence-electron chi connectivity index (χ0n) is 7.10. The van der Waals surface area contributed by atoms with E-state index in [9.17, 15) is 0 Å². The summed E-state index contributed by atoms with van der Waals surface area (Å²) in [6, 6.07) is 0. The fourth-order valence-electron chi connectivity index (χ4n) is 0.784. The smallest absolute Gasteiger partial charge is 0.115 e. The van der Waals surface area contributed by atoms with Crippen LogP contribution in [0.4, 0.5) is 0 Å². The summed E-state index contributed by atoms with van der Waals surface area (Å²) in [6.45, 7) is 2.66. The lowest BCUT2D eigenvalue weighted by Gasteiger charge is -1.93. The maximum Gasteiger partial charge on any atom is 0.115 e. The summed E-state index contributed by atoms with van der Waals surface area (Å²) in [4.78, 5) is 7.80. The molecule has 0 spiro atoms. The highest BCUT2D eigenvalue weighted by Crippen LogP contribution is 1.95. The molecule has 0 amide bonds. The van der Waals surface area contributed by atoms with Gasteiger partial charge in [-0.15, -0.1) is 0 Å². The van der Waals surface area contributed by atoms with Crippen LogP contribution in [-0.2, 0) is 11.2 Å². The van der Waals surface area contributed by atoms with Crippen LogP contribution in [0, 0.1) is 0 Å². The van der Waals surface area contributed by atoms with Gasteiger partial charge in [-0.3, -0.25) is 0 Å². The second kappa shape index (κ2) is 5.29. The first kappa shape index (κ1) is 8.71. The van der Waals surface area contributed by atoms with Gasteiger partial charge in [0.25, 0.3) is 0 Å². The van der Waals surface area contributed by atoms with Crippen molar-refractivity contribution in [2.24, 2.45) is 0 Å². The molecule has 12 heavy (non-hydrogen) atoms. The van der Waals surface area contributed by atoms with E-state index in [4.69, 9.17) is 4.74 Å². The van der Waals surface area contributed by atoms with E-state index in [1.54, 1.807) is 18.7 Å². The van der Waals surface area contributed by atoms with Gasteiger partial charge in [-0.2, -0.15) is 0 Å². The van der Waals surface area contributed by atoms with Crippen LogP contribution in [0.5, 0.6) is 0 Å². The molecular formula is C9H12N2O. The average Bonchev–Trinajstić information content (AvgIpc) is 2.14. The van der Waals surface area contributed by atoms with Crippen molar-refractivity contribution in [2.45, 2.75) is 13.3 Å². The molecule has 0 aliphatic carbocycles. The molecule has 1 rings (SSSR count). The summed E-state index contributed by atoms with van der Waals surface area (Å²) < 4.78 is 5.03. The molecule has 0 aliphatic heterocycles. The van der Waals surface area contributed by atoms with Gasteiger partial charge in [-0.05, 0) is 25.0 Å². The summed E-state index contributed by atoms with van der Waals surface area (Å²) in [5, 5.41) is 0. The Labute approximate surface area is 72.1 Å². The van der Waals surface area contributed by atoms with Crippen molar-refractivity contribution in [3.63, 3.8) is 0 Å². The van der Waals surface area contributed by atoms with Crippen LogP contribution in [0.2, 0.25) is 0 Å². The molecule has 1 aromatic heterocycles. The number of ether oxygens (including phenoxy) is 1. The Morgan fingerprint density at radius 1 is 1.42 bits per heavy atom. The highest BCUT2D eigenvalue weighted by atomic mass is 16.5. The number of rotatable bonds is 4. The Kier molecular flexibility index (Phi) is 3.84. The van der Waals surface area contributed by atoms with Crippen molar-refractivity contribution in [2.75, 3.05) is 6.61 Å². The number of hydrogen-bond donors (Lipinski definition) is 0. The third kappa shape index (κ3) is 3.14. The van der Waals surface area contributed by atoms with E-state index < -0.39 is 0 Å². The largest absolute Gasteiger partial charge is 0.502 e. The standard InChI is InChI=1S/C9H12N2O/c1-2-12-5-3-4-9-6-10-8-11-7-9/h3,5-8H,2,4H2,1H3/b5-3+. The summed E-state index contributed by atoms with van der Waals surface area (Å²) >= 11 is 0. The fourth-order valence-corrected chi connectivity index (χ4v) is 0.784. The van der Waals surface area contributed by atoms with Crippen molar-refractivity contribution in [1.29, 1.82) is 0 Å². The lowest BCUT2D eigenvalue weighted by Crippen LogP contribution is -1.85. The second-order valence-electron chi connectivity index (χ2n) is 2.28. The normalized spacial score (nSPS) is 10.4. The first-order chi connectivity index (χ1) is 5.93. The van der Waals surface area contributed by atoms with Crippen LogP contribution in [0.25, 0.3) is 0 Å². The van der Waals surface area contributed by atoms with Crippen molar-refractivity contribution in [3.05, 3.63) is 36.6 Å². The summed E-state index contributed by atoms with van der Waals surface area (Å²) in [5.74, 6) is 0. The molecule has 1 aromatic rings. The average molecular weight is 164 g/mol. The molecule has 0 saturated heterocycles. The van der Waals surface area contributed by atoms with Gasteiger partial charge in [0.2, 0.25) is 0 Å². The molecule has 3 heteroatoms. The van der Waals surface area contributed by atoms with Gasteiger partial charge in [-0.1, -0.05) is 0 Å². The maximum atomic E-state index is 5.03. The summed E-state index contributed by atoms with van der Waals surface area (Å²) in [6.07, 6.45) is 9.58. The number of hydrogen-bond acceptors (Lipinski definition) is 3. The van der Waals surface area contributed by atoms with Gasteiger partial charge in [-0.25, -0.2) is 9.97 Å². The van der Waals surface area contributed by atoms with Crippen molar-refractivity contribution >= 4 is 0 Å². The van der Waals surface area contributed by atoms with Gasteiger partial charge in [0.05, 0.1) is 12.9 Å². The summed E-state index contributed by atoms with van der Waals surface area (Å²) in [7, 11) is 0. The number of allylic oxidation sites excluding steroid dienone is 1. The zero-order chi connectivity index (χ0) is 8.65.